The van der Waals surface area contributed by atoms with E-state index in [1.165, 1.54) is 31.4 Å². The van der Waals surface area contributed by atoms with Crippen LogP contribution in [0.25, 0.3) is 5.57 Å². The first-order valence-electron chi connectivity index (χ1n) is 9.49. The quantitative estimate of drug-likeness (QED) is 0.559. The third kappa shape index (κ3) is 4.02. The second-order valence-electron chi connectivity index (χ2n) is 6.87. The summed E-state index contributed by atoms with van der Waals surface area (Å²) in [5, 5.41) is 3.51. The highest BCUT2D eigenvalue weighted by Gasteiger charge is 2.39. The third-order valence-electron chi connectivity index (χ3n) is 4.95. The van der Waals surface area contributed by atoms with Crippen molar-refractivity contribution in [1.82, 2.24) is 4.90 Å². The van der Waals surface area contributed by atoms with E-state index in [0.29, 0.717) is 27.6 Å². The number of nitrogens with zero attached hydrogens (tertiary/aromatic N) is 1. The lowest BCUT2D eigenvalue weighted by atomic mass is 10.0. The Kier molecular flexibility index (Phi) is 5.73. The van der Waals surface area contributed by atoms with Gasteiger partial charge in [-0.15, -0.1) is 0 Å². The van der Waals surface area contributed by atoms with E-state index >= 15 is 0 Å². The second-order valence-corrected chi connectivity index (χ2v) is 7.28. The molecule has 0 atom stereocenters. The number of methoxy groups -OCH3 is 1. The van der Waals surface area contributed by atoms with Gasteiger partial charge in [-0.05, 0) is 41.5 Å². The Morgan fingerprint density at radius 1 is 0.935 bits per heavy atom. The van der Waals surface area contributed by atoms with Gasteiger partial charge >= 0.3 is 0 Å². The van der Waals surface area contributed by atoms with E-state index in [-0.39, 0.29) is 17.8 Å². The van der Waals surface area contributed by atoms with Crippen LogP contribution in [0.2, 0.25) is 5.02 Å². The number of imide groups is 1. The van der Waals surface area contributed by atoms with E-state index in [2.05, 4.69) is 5.32 Å². The summed E-state index contributed by atoms with van der Waals surface area (Å²) < 4.78 is 18.8. The van der Waals surface area contributed by atoms with Crippen molar-refractivity contribution in [3.8, 4) is 5.75 Å². The van der Waals surface area contributed by atoms with Gasteiger partial charge in [-0.3, -0.25) is 14.5 Å². The zero-order valence-electron chi connectivity index (χ0n) is 16.6. The SMILES string of the molecule is COc1ccccc1NC1=C(c2ccc(F)cc2)C(=O)N(Cc2ccccc2Cl)C1=O. The Morgan fingerprint density at radius 3 is 2.32 bits per heavy atom. The van der Waals surface area contributed by atoms with E-state index in [9.17, 15) is 14.0 Å². The van der Waals surface area contributed by atoms with Crippen LogP contribution < -0.4 is 10.1 Å². The van der Waals surface area contributed by atoms with Gasteiger partial charge < -0.3 is 10.1 Å². The number of halogens is 2. The molecular weight excluding hydrogens is 419 g/mol. The smallest absolute Gasteiger partial charge is 0.278 e. The van der Waals surface area contributed by atoms with Gasteiger partial charge in [-0.1, -0.05) is 54.1 Å². The number of hydrogen-bond donors (Lipinski definition) is 1. The Hall–Kier alpha value is -3.64. The van der Waals surface area contributed by atoms with Crippen LogP contribution in [0, 0.1) is 5.82 Å². The fourth-order valence-corrected chi connectivity index (χ4v) is 3.59. The number of amides is 2. The van der Waals surface area contributed by atoms with Crippen LogP contribution in [0.1, 0.15) is 11.1 Å². The standard InChI is InChI=1S/C24H18ClFN2O3/c1-31-20-9-5-4-8-19(20)27-22-21(15-10-12-17(26)13-11-15)23(29)28(24(22)30)14-16-6-2-3-7-18(16)25/h2-13,27H,14H2,1H3. The molecule has 1 aliphatic heterocycles. The number of para-hydroxylation sites is 2. The minimum absolute atomic E-state index is 0.0130. The van der Waals surface area contributed by atoms with Gasteiger partial charge in [-0.2, -0.15) is 0 Å². The minimum Gasteiger partial charge on any atom is -0.495 e. The number of carbonyl (C=O) groups is 2. The maximum Gasteiger partial charge on any atom is 0.278 e. The highest BCUT2D eigenvalue weighted by Crippen LogP contribution is 2.34. The lowest BCUT2D eigenvalue weighted by molar-refractivity contribution is -0.137. The molecule has 156 valence electrons. The molecule has 0 radical (unpaired) electrons. The van der Waals surface area contributed by atoms with Crippen LogP contribution in [0.15, 0.2) is 78.5 Å². The highest BCUT2D eigenvalue weighted by atomic mass is 35.5. The van der Waals surface area contributed by atoms with E-state index in [0.717, 1.165) is 4.90 Å². The van der Waals surface area contributed by atoms with Gasteiger partial charge in [0.2, 0.25) is 0 Å². The molecule has 1 aliphatic rings. The van der Waals surface area contributed by atoms with Crippen molar-refractivity contribution in [2.45, 2.75) is 6.54 Å². The van der Waals surface area contributed by atoms with Gasteiger partial charge in [0.05, 0.1) is 24.9 Å². The molecule has 3 aromatic rings. The molecule has 2 amide bonds. The minimum atomic E-state index is -0.504. The van der Waals surface area contributed by atoms with Crippen molar-refractivity contribution in [3.63, 3.8) is 0 Å². The van der Waals surface area contributed by atoms with Crippen molar-refractivity contribution in [3.05, 3.63) is 100 Å². The summed E-state index contributed by atoms with van der Waals surface area (Å²) in [6.07, 6.45) is 0. The molecule has 0 bridgehead atoms. The lowest BCUT2D eigenvalue weighted by Gasteiger charge is -2.16. The molecule has 3 aromatic carbocycles. The molecule has 0 saturated carbocycles. The topological polar surface area (TPSA) is 58.6 Å². The maximum absolute atomic E-state index is 13.5. The van der Waals surface area contributed by atoms with Gasteiger partial charge in [0.15, 0.2) is 0 Å². The van der Waals surface area contributed by atoms with Crippen molar-refractivity contribution in [1.29, 1.82) is 0 Å². The monoisotopic (exact) mass is 436 g/mol. The normalized spacial score (nSPS) is 13.7. The molecule has 1 N–H and O–H groups in total. The number of anilines is 1. The number of rotatable bonds is 6. The van der Waals surface area contributed by atoms with Crippen LogP contribution in [-0.4, -0.2) is 23.8 Å². The Balaban J connectivity index is 1.77. The molecule has 0 aromatic heterocycles. The van der Waals surface area contributed by atoms with Crippen molar-refractivity contribution >= 4 is 34.7 Å². The first kappa shape index (κ1) is 20.6. The van der Waals surface area contributed by atoms with Gasteiger partial charge in [-0.25, -0.2) is 4.39 Å². The number of hydrogen-bond acceptors (Lipinski definition) is 4. The van der Waals surface area contributed by atoms with Crippen LogP contribution >= 0.6 is 11.6 Å². The Bertz CT molecular complexity index is 1190. The van der Waals surface area contributed by atoms with E-state index in [1.807, 2.05) is 0 Å². The fraction of sp³-hybridized carbons (Fsp3) is 0.0833. The van der Waals surface area contributed by atoms with Crippen LogP contribution in [0.4, 0.5) is 10.1 Å². The number of carbonyl (C=O) groups excluding carboxylic acids is 2. The summed E-state index contributed by atoms with van der Waals surface area (Å²) in [4.78, 5) is 27.7. The Morgan fingerprint density at radius 2 is 1.61 bits per heavy atom. The van der Waals surface area contributed by atoms with E-state index in [4.69, 9.17) is 16.3 Å². The van der Waals surface area contributed by atoms with Crippen LogP contribution in [0.3, 0.4) is 0 Å². The Labute approximate surface area is 183 Å². The van der Waals surface area contributed by atoms with Gasteiger partial charge in [0.25, 0.3) is 11.8 Å². The van der Waals surface area contributed by atoms with Crippen LogP contribution in [0.5, 0.6) is 5.75 Å². The van der Waals surface area contributed by atoms with Crippen LogP contribution in [-0.2, 0) is 16.1 Å². The molecule has 4 rings (SSSR count). The van der Waals surface area contributed by atoms with E-state index in [1.54, 1.807) is 48.5 Å². The second kappa shape index (κ2) is 8.62. The first-order valence-corrected chi connectivity index (χ1v) is 9.87. The molecule has 5 nitrogen and oxygen atoms in total. The summed E-state index contributed by atoms with van der Waals surface area (Å²) in [6, 6.07) is 19.5. The number of nitrogens with one attached hydrogen (secondary N) is 1. The van der Waals surface area contributed by atoms with E-state index < -0.39 is 17.6 Å². The molecule has 0 fully saturated rings. The third-order valence-corrected chi connectivity index (χ3v) is 5.32. The average Bonchev–Trinajstić information content (AvgIpc) is 3.00. The van der Waals surface area contributed by atoms with Gasteiger partial charge in [0, 0.05) is 5.02 Å². The van der Waals surface area contributed by atoms with Gasteiger partial charge in [0.1, 0.15) is 17.3 Å². The molecule has 31 heavy (non-hydrogen) atoms. The molecule has 1 heterocycles. The predicted octanol–water partition coefficient (Wildman–Crippen LogP) is 4.88. The number of benzene rings is 3. The highest BCUT2D eigenvalue weighted by molar-refractivity contribution is 6.36. The first-order chi connectivity index (χ1) is 15.0. The molecule has 0 unspecified atom stereocenters. The molecular formula is C24H18ClFN2O3. The summed E-state index contributed by atoms with van der Waals surface area (Å²) in [5.74, 6) is -0.921. The fourth-order valence-electron chi connectivity index (χ4n) is 3.40. The largest absolute Gasteiger partial charge is 0.495 e. The van der Waals surface area contributed by atoms with Crippen molar-refractivity contribution in [2.24, 2.45) is 0 Å². The zero-order chi connectivity index (χ0) is 22.0. The summed E-state index contributed by atoms with van der Waals surface area (Å²) >= 11 is 6.24. The summed E-state index contributed by atoms with van der Waals surface area (Å²) in [6.45, 7) is 0.0130. The molecule has 7 heteroatoms. The maximum atomic E-state index is 13.5. The zero-order valence-corrected chi connectivity index (χ0v) is 17.3. The predicted molar refractivity (Wildman–Crippen MR) is 117 cm³/mol. The van der Waals surface area contributed by atoms with Crippen molar-refractivity contribution in [2.75, 3.05) is 12.4 Å². The number of ether oxygens (including phenoxy) is 1. The van der Waals surface area contributed by atoms with Crippen molar-refractivity contribution < 1.29 is 18.7 Å². The average molecular weight is 437 g/mol. The summed E-state index contributed by atoms with van der Waals surface area (Å²) in [7, 11) is 1.51. The molecule has 0 aliphatic carbocycles. The lowest BCUT2D eigenvalue weighted by Crippen LogP contribution is -2.32. The summed E-state index contributed by atoms with van der Waals surface area (Å²) in [5.41, 5.74) is 1.85. The molecule has 0 spiro atoms. The molecule has 0 saturated heterocycles.